The van der Waals surface area contributed by atoms with Gasteiger partial charge in [0.1, 0.15) is 0 Å². The summed E-state index contributed by atoms with van der Waals surface area (Å²) in [5.74, 6) is 1.45. The first-order valence-electron chi connectivity index (χ1n) is 7.68. The summed E-state index contributed by atoms with van der Waals surface area (Å²) in [5, 5.41) is 0. The summed E-state index contributed by atoms with van der Waals surface area (Å²) in [5.41, 5.74) is 0.909. The Morgan fingerprint density at radius 1 is 1.04 bits per heavy atom. The van der Waals surface area contributed by atoms with Crippen LogP contribution in [-0.2, 0) is 16.1 Å². The predicted octanol–water partition coefficient (Wildman–Crippen LogP) is 3.47. The van der Waals surface area contributed by atoms with Crippen molar-refractivity contribution >= 4 is 5.97 Å². The van der Waals surface area contributed by atoms with E-state index in [1.165, 1.54) is 7.11 Å². The Morgan fingerprint density at radius 2 is 1.76 bits per heavy atom. The zero-order chi connectivity index (χ0) is 17.5. The van der Waals surface area contributed by atoms with Gasteiger partial charge in [0, 0.05) is 5.56 Å². The molecule has 128 valence electrons. The third-order valence-electron chi connectivity index (χ3n) is 3.38. The lowest BCUT2D eigenvalue weighted by Crippen LogP contribution is -2.15. The number of carbonyl (C=O) groups excluding carboxylic acids is 1. The number of nitrogens with zero attached hydrogens (tertiary/aromatic N) is 1. The van der Waals surface area contributed by atoms with Gasteiger partial charge in [-0.15, -0.1) is 0 Å². The molecule has 0 aliphatic heterocycles. The van der Waals surface area contributed by atoms with Gasteiger partial charge >= 0.3 is 5.97 Å². The van der Waals surface area contributed by atoms with Gasteiger partial charge in [-0.2, -0.15) is 0 Å². The highest BCUT2D eigenvalue weighted by Crippen LogP contribution is 2.25. The van der Waals surface area contributed by atoms with Gasteiger partial charge in [0.2, 0.25) is 5.89 Å². The van der Waals surface area contributed by atoms with Gasteiger partial charge in [-0.05, 0) is 12.1 Å². The van der Waals surface area contributed by atoms with Crippen molar-refractivity contribution in [2.45, 2.75) is 6.61 Å². The van der Waals surface area contributed by atoms with Crippen molar-refractivity contribution in [3.8, 4) is 22.8 Å². The zero-order valence-corrected chi connectivity index (χ0v) is 13.7. The van der Waals surface area contributed by atoms with Gasteiger partial charge in [-0.3, -0.25) is 0 Å². The van der Waals surface area contributed by atoms with E-state index in [2.05, 4.69) is 4.98 Å². The molecule has 0 radical (unpaired) electrons. The number of esters is 1. The number of aromatic nitrogens is 1. The zero-order valence-electron chi connectivity index (χ0n) is 13.7. The summed E-state index contributed by atoms with van der Waals surface area (Å²) >= 11 is 0. The maximum Gasteiger partial charge on any atom is 0.344 e. The largest absolute Gasteiger partial charge is 0.493 e. The predicted molar refractivity (Wildman–Crippen MR) is 90.2 cm³/mol. The van der Waals surface area contributed by atoms with Crippen LogP contribution in [0.2, 0.25) is 0 Å². The summed E-state index contributed by atoms with van der Waals surface area (Å²) < 4.78 is 21.2. The fourth-order valence-corrected chi connectivity index (χ4v) is 2.17. The van der Waals surface area contributed by atoms with Gasteiger partial charge in [0.05, 0.1) is 13.3 Å². The fraction of sp³-hybridized carbons (Fsp3) is 0.158. The summed E-state index contributed by atoms with van der Waals surface area (Å²) in [4.78, 5) is 15.9. The third-order valence-corrected chi connectivity index (χ3v) is 3.38. The first-order chi connectivity index (χ1) is 12.3. The molecule has 0 saturated heterocycles. The first-order valence-corrected chi connectivity index (χ1v) is 7.68. The molecule has 0 saturated carbocycles. The number of benzene rings is 2. The molecule has 25 heavy (non-hydrogen) atoms. The molecule has 0 aliphatic rings. The van der Waals surface area contributed by atoms with Crippen LogP contribution in [0.25, 0.3) is 11.3 Å². The molecule has 0 atom stereocenters. The maximum absolute atomic E-state index is 11.8. The van der Waals surface area contributed by atoms with Crippen molar-refractivity contribution < 1.29 is 23.4 Å². The van der Waals surface area contributed by atoms with E-state index in [1.807, 2.05) is 36.4 Å². The van der Waals surface area contributed by atoms with E-state index in [1.54, 1.807) is 24.4 Å². The second-order valence-electron chi connectivity index (χ2n) is 5.08. The van der Waals surface area contributed by atoms with Crippen molar-refractivity contribution in [2.75, 3.05) is 13.7 Å². The number of methoxy groups -OCH3 is 1. The highest BCUT2D eigenvalue weighted by molar-refractivity contribution is 5.71. The molecule has 2 aromatic carbocycles. The van der Waals surface area contributed by atoms with E-state index in [9.17, 15) is 4.79 Å². The van der Waals surface area contributed by atoms with Crippen LogP contribution < -0.4 is 9.47 Å². The smallest absolute Gasteiger partial charge is 0.344 e. The number of ether oxygens (including phenoxy) is 3. The molecule has 3 aromatic rings. The Labute approximate surface area is 145 Å². The average Bonchev–Trinajstić information content (AvgIpc) is 3.14. The number of para-hydroxylation sites is 2. The van der Waals surface area contributed by atoms with Gasteiger partial charge in [-0.25, -0.2) is 9.78 Å². The SMILES string of the molecule is COc1ccccc1OCC(=O)OCc1ncc(-c2ccccc2)o1. The Kier molecular flexibility index (Phi) is 5.31. The van der Waals surface area contributed by atoms with Crippen LogP contribution in [0, 0.1) is 0 Å². The van der Waals surface area contributed by atoms with Crippen LogP contribution in [0.5, 0.6) is 11.5 Å². The number of oxazole rings is 1. The van der Waals surface area contributed by atoms with Crippen molar-refractivity contribution in [2.24, 2.45) is 0 Å². The molecule has 0 aliphatic carbocycles. The van der Waals surface area contributed by atoms with Gasteiger partial charge in [0.25, 0.3) is 0 Å². The standard InChI is InChI=1S/C19H17NO5/c1-22-15-9-5-6-10-16(15)23-13-19(21)24-12-18-20-11-17(25-18)14-7-3-2-4-8-14/h2-11H,12-13H2,1H3. The lowest BCUT2D eigenvalue weighted by Gasteiger charge is -2.09. The van der Waals surface area contributed by atoms with Crippen molar-refractivity contribution in [1.82, 2.24) is 4.98 Å². The van der Waals surface area contributed by atoms with Crippen LogP contribution in [0.3, 0.4) is 0 Å². The molecule has 0 amide bonds. The van der Waals surface area contributed by atoms with Crippen LogP contribution in [-0.4, -0.2) is 24.7 Å². The molecule has 6 nitrogen and oxygen atoms in total. The van der Waals surface area contributed by atoms with Crippen molar-refractivity contribution in [1.29, 1.82) is 0 Å². The van der Waals surface area contributed by atoms with Crippen molar-refractivity contribution in [3.05, 3.63) is 66.7 Å². The molecule has 0 fully saturated rings. The molecule has 6 heteroatoms. The Bertz CT molecular complexity index is 829. The summed E-state index contributed by atoms with van der Waals surface area (Å²) in [6.07, 6.45) is 1.60. The quantitative estimate of drug-likeness (QED) is 0.614. The molecular formula is C19H17NO5. The Balaban J connectivity index is 1.50. The van der Waals surface area contributed by atoms with Crippen LogP contribution in [0.15, 0.2) is 65.2 Å². The second kappa shape index (κ2) is 8.01. The minimum Gasteiger partial charge on any atom is -0.493 e. The third kappa shape index (κ3) is 4.38. The van der Waals surface area contributed by atoms with Crippen LogP contribution in [0.1, 0.15) is 5.89 Å². The topological polar surface area (TPSA) is 70.8 Å². The van der Waals surface area contributed by atoms with E-state index in [-0.39, 0.29) is 13.2 Å². The van der Waals surface area contributed by atoms with Gasteiger partial charge in [-0.1, -0.05) is 42.5 Å². The number of rotatable bonds is 7. The normalized spacial score (nSPS) is 10.3. The fourth-order valence-electron chi connectivity index (χ4n) is 2.17. The monoisotopic (exact) mass is 339 g/mol. The summed E-state index contributed by atoms with van der Waals surface area (Å²) in [6, 6.07) is 16.6. The second-order valence-corrected chi connectivity index (χ2v) is 5.08. The lowest BCUT2D eigenvalue weighted by molar-refractivity contribution is -0.148. The Morgan fingerprint density at radius 3 is 2.52 bits per heavy atom. The summed E-state index contributed by atoms with van der Waals surface area (Å²) in [7, 11) is 1.54. The lowest BCUT2D eigenvalue weighted by atomic mass is 10.2. The molecule has 0 bridgehead atoms. The molecule has 3 rings (SSSR count). The van der Waals surface area contributed by atoms with Crippen molar-refractivity contribution in [3.63, 3.8) is 0 Å². The van der Waals surface area contributed by atoms with E-state index < -0.39 is 5.97 Å². The molecule has 1 heterocycles. The molecule has 0 N–H and O–H groups in total. The average molecular weight is 339 g/mol. The minimum absolute atomic E-state index is 0.0546. The van der Waals surface area contributed by atoms with Crippen LogP contribution in [0.4, 0.5) is 0 Å². The van der Waals surface area contributed by atoms with E-state index in [0.29, 0.717) is 23.1 Å². The van der Waals surface area contributed by atoms with Gasteiger partial charge in [0.15, 0.2) is 30.5 Å². The molecular weight excluding hydrogens is 322 g/mol. The molecule has 0 spiro atoms. The van der Waals surface area contributed by atoms with Gasteiger partial charge < -0.3 is 18.6 Å². The highest BCUT2D eigenvalue weighted by atomic mass is 16.6. The summed E-state index contributed by atoms with van der Waals surface area (Å²) in [6.45, 7) is -0.284. The number of carbonyl (C=O) groups is 1. The number of hydrogen-bond donors (Lipinski definition) is 0. The maximum atomic E-state index is 11.8. The van der Waals surface area contributed by atoms with E-state index in [4.69, 9.17) is 18.6 Å². The van der Waals surface area contributed by atoms with E-state index >= 15 is 0 Å². The van der Waals surface area contributed by atoms with E-state index in [0.717, 1.165) is 5.56 Å². The molecule has 0 unspecified atom stereocenters. The minimum atomic E-state index is -0.523. The highest BCUT2D eigenvalue weighted by Gasteiger charge is 2.11. The molecule has 1 aromatic heterocycles. The number of hydrogen-bond acceptors (Lipinski definition) is 6. The first kappa shape index (κ1) is 16.6. The van der Waals surface area contributed by atoms with Crippen LogP contribution >= 0.6 is 0 Å². The Hall–Kier alpha value is -3.28.